The van der Waals surface area contributed by atoms with Gasteiger partial charge in [0.25, 0.3) is 10.1 Å². The van der Waals surface area contributed by atoms with Crippen LogP contribution in [-0.2, 0) is 44.7 Å². The minimum atomic E-state index is -3.55. The van der Waals surface area contributed by atoms with Crippen molar-refractivity contribution >= 4 is 16.1 Å². The zero-order chi connectivity index (χ0) is 36.3. The number of esters is 1. The largest absolute Gasteiger partial charge is 0.461 e. The van der Waals surface area contributed by atoms with Gasteiger partial charge in [0.2, 0.25) is 0 Å². The van der Waals surface area contributed by atoms with Crippen LogP contribution < -0.4 is 0 Å². The van der Waals surface area contributed by atoms with Crippen molar-refractivity contribution in [2.24, 2.45) is 56.7 Å². The molecule has 5 aliphatic rings. The van der Waals surface area contributed by atoms with Gasteiger partial charge in [0.1, 0.15) is 6.61 Å². The molecule has 0 amide bonds. The highest BCUT2D eigenvalue weighted by Gasteiger charge is 2.72. The Morgan fingerprint density at radius 3 is 2.36 bits per heavy atom. The van der Waals surface area contributed by atoms with Crippen molar-refractivity contribution in [3.63, 3.8) is 0 Å². The molecule has 0 aromatic heterocycles. The summed E-state index contributed by atoms with van der Waals surface area (Å²) < 4.78 is 53.8. The second-order valence-electron chi connectivity index (χ2n) is 17.9. The Morgan fingerprint density at radius 1 is 0.980 bits per heavy atom. The molecule has 9 heteroatoms. The van der Waals surface area contributed by atoms with E-state index in [-0.39, 0.29) is 64.4 Å². The molecule has 0 radical (unpaired) electrons. The molecule has 4 fully saturated rings. The lowest BCUT2D eigenvalue weighted by atomic mass is 9.34. The first-order valence-electron chi connectivity index (χ1n) is 18.9. The van der Waals surface area contributed by atoms with Crippen LogP contribution >= 0.6 is 0 Å². The number of rotatable bonds is 11. The molecular formula is C41H62O8S. The van der Waals surface area contributed by atoms with Gasteiger partial charge in [-0.3, -0.25) is 8.98 Å². The first-order valence-corrected chi connectivity index (χ1v) is 20.8. The number of ether oxygens (including phenoxy) is 4. The van der Waals surface area contributed by atoms with Crippen molar-refractivity contribution in [2.75, 3.05) is 39.8 Å². The monoisotopic (exact) mass is 714 g/mol. The van der Waals surface area contributed by atoms with Crippen molar-refractivity contribution in [1.29, 1.82) is 0 Å². The van der Waals surface area contributed by atoms with E-state index in [4.69, 9.17) is 23.1 Å². The van der Waals surface area contributed by atoms with Gasteiger partial charge < -0.3 is 18.9 Å². The van der Waals surface area contributed by atoms with E-state index in [0.717, 1.165) is 50.3 Å². The summed E-state index contributed by atoms with van der Waals surface area (Å²) in [6.45, 7) is 18.2. The molecule has 280 valence electrons. The number of hydrogen-bond donors (Lipinski definition) is 0. The van der Waals surface area contributed by atoms with Gasteiger partial charge in [-0.05, 0) is 84.0 Å². The summed E-state index contributed by atoms with van der Waals surface area (Å²) in [5.74, 6) is 1.18. The molecule has 11 atom stereocenters. The smallest absolute Gasteiger partial charge is 0.310 e. The van der Waals surface area contributed by atoms with Crippen molar-refractivity contribution in [3.8, 4) is 0 Å². The molecule has 4 aliphatic carbocycles. The molecule has 2 bridgehead atoms. The lowest BCUT2D eigenvalue weighted by molar-refractivity contribution is -0.267. The predicted molar refractivity (Wildman–Crippen MR) is 194 cm³/mol. The zero-order valence-corrected chi connectivity index (χ0v) is 32.8. The van der Waals surface area contributed by atoms with Gasteiger partial charge in [0.05, 0.1) is 50.8 Å². The van der Waals surface area contributed by atoms with Crippen LogP contribution in [0.25, 0.3) is 0 Å². The van der Waals surface area contributed by atoms with Gasteiger partial charge in [-0.15, -0.1) is 0 Å². The van der Waals surface area contributed by atoms with Crippen LogP contribution in [0.5, 0.6) is 0 Å². The van der Waals surface area contributed by atoms with Gasteiger partial charge in [-0.2, -0.15) is 8.42 Å². The predicted octanol–water partition coefficient (Wildman–Crippen LogP) is 7.61. The molecule has 6 rings (SSSR count). The number of fused-ring (bicyclic) bond motifs is 3. The fraction of sp³-hybridized carbons (Fsp3) is 0.780. The Bertz CT molecular complexity index is 1540. The van der Waals surface area contributed by atoms with Gasteiger partial charge in [-0.1, -0.05) is 90.4 Å². The third-order valence-corrected chi connectivity index (χ3v) is 15.9. The molecule has 50 heavy (non-hydrogen) atoms. The third-order valence-electron chi connectivity index (χ3n) is 15.3. The maximum absolute atomic E-state index is 14.7. The van der Waals surface area contributed by atoms with E-state index < -0.39 is 10.1 Å². The minimum absolute atomic E-state index is 0.0219. The SMILES string of the molecule is CO[C@@H]1C[C@@]23COC[C@@](C)([C@@H]2CC[C@H]2C3=CC[C@@]3(C)[C@H](C(=O)OCc4ccccc4)[C@@](C)([C@H](C)C(C)C)CC[C@]23C)[C@H]1OCCOS(C)(=O)=O. The molecule has 8 nitrogen and oxygen atoms in total. The molecule has 0 N–H and O–H groups in total. The highest BCUT2D eigenvalue weighted by atomic mass is 32.2. The summed E-state index contributed by atoms with van der Waals surface area (Å²) >= 11 is 0. The van der Waals surface area contributed by atoms with E-state index in [0.29, 0.717) is 43.5 Å². The molecule has 1 aromatic rings. The second kappa shape index (κ2) is 13.6. The number of carbonyl (C=O) groups excluding carboxylic acids is 1. The van der Waals surface area contributed by atoms with E-state index in [9.17, 15) is 13.2 Å². The Morgan fingerprint density at radius 2 is 1.70 bits per heavy atom. The van der Waals surface area contributed by atoms with E-state index >= 15 is 0 Å². The fourth-order valence-corrected chi connectivity index (χ4v) is 12.6. The van der Waals surface area contributed by atoms with Crippen LogP contribution in [0.2, 0.25) is 0 Å². The summed E-state index contributed by atoms with van der Waals surface area (Å²) in [4.78, 5) is 14.7. The molecule has 1 saturated heterocycles. The van der Waals surface area contributed by atoms with E-state index in [2.05, 4.69) is 54.5 Å². The molecule has 1 aromatic carbocycles. The summed E-state index contributed by atoms with van der Waals surface area (Å²) in [6, 6.07) is 10.0. The maximum atomic E-state index is 14.7. The summed E-state index contributed by atoms with van der Waals surface area (Å²) in [5.41, 5.74) is 1.46. The van der Waals surface area contributed by atoms with E-state index in [1.165, 1.54) is 5.57 Å². The van der Waals surface area contributed by atoms with Gasteiger partial charge >= 0.3 is 5.97 Å². The highest BCUT2D eigenvalue weighted by Crippen LogP contribution is 2.75. The molecule has 3 saturated carbocycles. The number of benzene rings is 1. The standard InChI is InChI=1S/C41H62O8S/c1-27(2)28(3)37(4)19-20-39(6)30-15-16-33-38(5)25-46-26-41(33,23-32(45-8)35(38)47-21-22-49-50(9,43)44)31(30)17-18-40(39,7)34(37)36(42)48-24-29-13-11-10-12-14-29/h10-14,17,27-28,30,32-35H,15-16,18-26H2,1-9H3/t28-,30+,32-,33+,34-,35+,37-,38+,39-,40+,41+/m1/s1. The van der Waals surface area contributed by atoms with Crippen LogP contribution in [0.1, 0.15) is 92.6 Å². The van der Waals surface area contributed by atoms with Crippen LogP contribution in [-0.4, -0.2) is 66.4 Å². The first-order chi connectivity index (χ1) is 23.5. The number of hydrogen-bond acceptors (Lipinski definition) is 8. The van der Waals surface area contributed by atoms with Crippen molar-refractivity contribution in [2.45, 2.75) is 106 Å². The number of methoxy groups -OCH3 is 1. The van der Waals surface area contributed by atoms with E-state index in [1.807, 2.05) is 30.3 Å². The lowest BCUT2D eigenvalue weighted by Crippen LogP contribution is -2.70. The summed E-state index contributed by atoms with van der Waals surface area (Å²) in [6.07, 6.45) is 8.97. The molecule has 0 unspecified atom stereocenters. The Kier molecular flexibility index (Phi) is 10.3. The van der Waals surface area contributed by atoms with Crippen molar-refractivity contribution < 1.29 is 36.3 Å². The van der Waals surface area contributed by atoms with Gasteiger partial charge in [0, 0.05) is 17.9 Å². The highest BCUT2D eigenvalue weighted by molar-refractivity contribution is 7.85. The fourth-order valence-electron chi connectivity index (χ4n) is 12.2. The van der Waals surface area contributed by atoms with Gasteiger partial charge in [-0.25, -0.2) is 0 Å². The summed E-state index contributed by atoms with van der Waals surface area (Å²) in [5, 5.41) is 0. The Hall–Kier alpha value is -1.78. The Balaban J connectivity index is 1.35. The number of carbonyl (C=O) groups is 1. The molecular weight excluding hydrogens is 653 g/mol. The van der Waals surface area contributed by atoms with Crippen LogP contribution in [0.15, 0.2) is 42.0 Å². The molecule has 0 spiro atoms. The minimum Gasteiger partial charge on any atom is -0.461 e. The number of allylic oxidation sites excluding steroid dienone is 1. The average molecular weight is 715 g/mol. The maximum Gasteiger partial charge on any atom is 0.310 e. The van der Waals surface area contributed by atoms with Crippen molar-refractivity contribution in [1.82, 2.24) is 0 Å². The second-order valence-corrected chi connectivity index (χ2v) is 19.5. The Labute approximate surface area is 301 Å². The molecule has 1 aliphatic heterocycles. The lowest BCUT2D eigenvalue weighted by Gasteiger charge is -2.71. The van der Waals surface area contributed by atoms with E-state index in [1.54, 1.807) is 7.11 Å². The summed E-state index contributed by atoms with van der Waals surface area (Å²) in [7, 11) is -1.78. The quantitative estimate of drug-likeness (QED) is 0.100. The van der Waals surface area contributed by atoms with Crippen molar-refractivity contribution in [3.05, 3.63) is 47.5 Å². The topological polar surface area (TPSA) is 97.4 Å². The normalized spacial score (nSPS) is 41.7. The first kappa shape index (κ1) is 38.0. The van der Waals surface area contributed by atoms with Crippen LogP contribution in [0, 0.1) is 56.7 Å². The molecule has 1 heterocycles. The zero-order valence-electron chi connectivity index (χ0n) is 32.0. The third kappa shape index (κ3) is 6.03. The van der Waals surface area contributed by atoms with Crippen LogP contribution in [0.4, 0.5) is 0 Å². The van der Waals surface area contributed by atoms with Crippen LogP contribution in [0.3, 0.4) is 0 Å². The average Bonchev–Trinajstić information content (AvgIpc) is 3.06. The van der Waals surface area contributed by atoms with Gasteiger partial charge in [0.15, 0.2) is 0 Å².